The number of Topliss-reactive ketones (excluding diaryl/α,β-unsaturated/α-hetero) is 2. The number of halogens is 1. The van der Waals surface area contributed by atoms with Crippen LogP contribution in [0.2, 0.25) is 5.02 Å². The van der Waals surface area contributed by atoms with Gasteiger partial charge in [-0.2, -0.15) is 0 Å². The molecule has 0 atom stereocenters. The molecule has 5 rings (SSSR count). The lowest BCUT2D eigenvalue weighted by Crippen LogP contribution is -2.37. The smallest absolute Gasteiger partial charge is 0.318 e. The Kier molecular flexibility index (Phi) is 6.28. The van der Waals surface area contributed by atoms with Crippen molar-refractivity contribution in [1.82, 2.24) is 4.90 Å². The fourth-order valence-corrected chi connectivity index (χ4v) is 5.66. The number of non-ortho nitro benzene ring substituents is 1. The van der Waals surface area contributed by atoms with Crippen molar-refractivity contribution in [3.8, 4) is 11.5 Å². The predicted molar refractivity (Wildman–Crippen MR) is 134 cm³/mol. The van der Waals surface area contributed by atoms with E-state index in [2.05, 4.69) is 0 Å². The zero-order valence-corrected chi connectivity index (χ0v) is 20.6. The van der Waals surface area contributed by atoms with Crippen LogP contribution in [-0.2, 0) is 9.59 Å². The van der Waals surface area contributed by atoms with E-state index in [-0.39, 0.29) is 28.1 Å². The number of carbonyl (C=O) groups is 2. The molecule has 0 aromatic heterocycles. The summed E-state index contributed by atoms with van der Waals surface area (Å²) in [5.74, 6) is -0.614. The first-order valence-electron chi connectivity index (χ1n) is 11.8. The van der Waals surface area contributed by atoms with E-state index < -0.39 is 27.1 Å². The first kappa shape index (κ1) is 24.6. The molecule has 0 unspecified atom stereocenters. The maximum Gasteiger partial charge on any atom is 0.318 e. The summed E-state index contributed by atoms with van der Waals surface area (Å²) in [6.45, 7) is 0. The summed E-state index contributed by atoms with van der Waals surface area (Å²) in [5.41, 5.74) is 2.77. The molecule has 0 N–H and O–H groups in total. The first-order chi connectivity index (χ1) is 17.7. The molecular weight excluding hydrogens is 502 g/mol. The Hall–Kier alpha value is -4.05. The van der Waals surface area contributed by atoms with Gasteiger partial charge in [0.1, 0.15) is 5.75 Å². The highest BCUT2D eigenvalue weighted by Crippen LogP contribution is 2.49. The van der Waals surface area contributed by atoms with Crippen molar-refractivity contribution < 1.29 is 24.2 Å². The predicted octanol–water partition coefficient (Wildman–Crippen LogP) is 5.99. The van der Waals surface area contributed by atoms with Gasteiger partial charge in [0.25, 0.3) is 5.69 Å². The van der Waals surface area contributed by atoms with Crippen LogP contribution in [0.25, 0.3) is 0 Å². The number of rotatable bonds is 5. The number of hydrogen-bond donors (Lipinski definition) is 0. The molecule has 3 aliphatic rings. The number of allylic oxidation sites excluding steroid dienone is 4. The molecule has 2 aromatic rings. The van der Waals surface area contributed by atoms with Gasteiger partial charge in [-0.1, -0.05) is 17.7 Å². The lowest BCUT2D eigenvalue weighted by molar-refractivity contribution is -0.394. The second-order valence-electron chi connectivity index (χ2n) is 9.22. The zero-order chi connectivity index (χ0) is 26.4. The first-order valence-corrected chi connectivity index (χ1v) is 12.2. The number of nitro benzene ring substituents is 2. The molecule has 2 aromatic carbocycles. The normalized spacial score (nSPS) is 18.1. The highest BCUT2D eigenvalue weighted by Gasteiger charge is 2.42. The fourth-order valence-electron chi connectivity index (χ4n) is 5.43. The van der Waals surface area contributed by atoms with E-state index in [0.29, 0.717) is 29.6 Å². The van der Waals surface area contributed by atoms with Crippen LogP contribution in [0.3, 0.4) is 0 Å². The lowest BCUT2D eigenvalue weighted by Gasteiger charge is -2.42. The van der Waals surface area contributed by atoms with Gasteiger partial charge in [-0.05, 0) is 49.4 Å². The Balaban J connectivity index is 1.56. The van der Waals surface area contributed by atoms with E-state index in [1.807, 2.05) is 11.9 Å². The Labute approximate surface area is 216 Å². The molecular formula is C26H22ClN3O7. The topological polar surface area (TPSA) is 133 Å². The van der Waals surface area contributed by atoms with Crippen molar-refractivity contribution in [2.75, 3.05) is 7.05 Å². The minimum atomic E-state index is -0.769. The largest absolute Gasteiger partial charge is 0.449 e. The molecule has 0 saturated heterocycles. The molecule has 37 heavy (non-hydrogen) atoms. The van der Waals surface area contributed by atoms with Gasteiger partial charge in [0, 0.05) is 54.4 Å². The molecule has 0 amide bonds. The molecule has 1 aliphatic heterocycles. The number of ketones is 2. The summed E-state index contributed by atoms with van der Waals surface area (Å²) >= 11 is 6.55. The van der Waals surface area contributed by atoms with Crippen molar-refractivity contribution in [1.29, 1.82) is 0 Å². The lowest BCUT2D eigenvalue weighted by atomic mass is 9.71. The van der Waals surface area contributed by atoms with Crippen molar-refractivity contribution in [3.63, 3.8) is 0 Å². The van der Waals surface area contributed by atoms with E-state index in [1.54, 1.807) is 12.1 Å². The summed E-state index contributed by atoms with van der Waals surface area (Å²) in [4.78, 5) is 49.3. The molecule has 0 spiro atoms. The van der Waals surface area contributed by atoms with Crippen LogP contribution in [0.4, 0.5) is 11.4 Å². The Morgan fingerprint density at radius 2 is 1.46 bits per heavy atom. The van der Waals surface area contributed by atoms with E-state index in [4.69, 9.17) is 16.3 Å². The van der Waals surface area contributed by atoms with Crippen LogP contribution in [0.1, 0.15) is 50.0 Å². The van der Waals surface area contributed by atoms with E-state index in [1.165, 1.54) is 6.07 Å². The van der Waals surface area contributed by atoms with Crippen LogP contribution in [0, 0.1) is 20.2 Å². The third-order valence-corrected chi connectivity index (χ3v) is 7.40. The van der Waals surface area contributed by atoms with Crippen LogP contribution >= 0.6 is 11.6 Å². The van der Waals surface area contributed by atoms with Crippen molar-refractivity contribution in [2.24, 2.45) is 0 Å². The minimum Gasteiger partial charge on any atom is -0.449 e. The number of ether oxygens (including phenoxy) is 1. The summed E-state index contributed by atoms with van der Waals surface area (Å²) in [5, 5.41) is 22.6. The maximum absolute atomic E-state index is 13.1. The molecule has 1 heterocycles. The van der Waals surface area contributed by atoms with Gasteiger partial charge < -0.3 is 9.64 Å². The number of hydrogen-bond acceptors (Lipinski definition) is 8. The van der Waals surface area contributed by atoms with Crippen molar-refractivity contribution in [3.05, 3.63) is 89.8 Å². The molecule has 0 fully saturated rings. The van der Waals surface area contributed by atoms with Gasteiger partial charge in [0.2, 0.25) is 5.75 Å². The number of carbonyl (C=O) groups excluding carboxylic acids is 2. The third kappa shape index (κ3) is 4.27. The summed E-state index contributed by atoms with van der Waals surface area (Å²) in [6, 6.07) is 7.92. The highest BCUT2D eigenvalue weighted by atomic mass is 35.5. The van der Waals surface area contributed by atoms with Crippen LogP contribution < -0.4 is 4.74 Å². The standard InChI is InChI=1S/C26H22ClN3O7/c1-28-17-4-2-6-20(31)25(17)24(26-18(28)5-3-7-21(26)32)14-8-10-22(16(27)12-14)37-23-11-9-15(29(33)34)13-19(23)30(35)36/h8-13,24H,2-7H2,1H3. The number of nitro groups is 2. The average molecular weight is 524 g/mol. The fraction of sp³-hybridized carbons (Fsp3) is 0.308. The van der Waals surface area contributed by atoms with Gasteiger partial charge in [-0.15, -0.1) is 0 Å². The summed E-state index contributed by atoms with van der Waals surface area (Å²) < 4.78 is 5.69. The van der Waals surface area contributed by atoms with E-state index in [0.717, 1.165) is 55.3 Å². The zero-order valence-electron chi connectivity index (χ0n) is 19.9. The third-order valence-electron chi connectivity index (χ3n) is 7.10. The average Bonchev–Trinajstić information content (AvgIpc) is 2.86. The summed E-state index contributed by atoms with van der Waals surface area (Å²) in [7, 11) is 1.92. The van der Waals surface area contributed by atoms with Crippen LogP contribution in [0.5, 0.6) is 11.5 Å². The highest BCUT2D eigenvalue weighted by molar-refractivity contribution is 6.32. The van der Waals surface area contributed by atoms with Gasteiger partial charge >= 0.3 is 5.69 Å². The Morgan fingerprint density at radius 1 is 0.865 bits per heavy atom. The Morgan fingerprint density at radius 3 is 2.00 bits per heavy atom. The van der Waals surface area contributed by atoms with Gasteiger partial charge in [-0.25, -0.2) is 0 Å². The Bertz CT molecular complexity index is 1400. The molecule has 0 bridgehead atoms. The molecule has 190 valence electrons. The SMILES string of the molecule is CN1C2=C(C(=O)CCC2)C(c2ccc(Oc3ccc([N+](=O)[O-])cc3[N+](=O)[O-])c(Cl)c2)C2=C1CCCC2=O. The molecule has 0 saturated carbocycles. The molecule has 11 heteroatoms. The number of benzene rings is 2. The maximum atomic E-state index is 13.1. The monoisotopic (exact) mass is 523 g/mol. The van der Waals surface area contributed by atoms with E-state index >= 15 is 0 Å². The molecule has 10 nitrogen and oxygen atoms in total. The number of nitrogens with zero attached hydrogens (tertiary/aromatic N) is 3. The van der Waals surface area contributed by atoms with Crippen LogP contribution in [0.15, 0.2) is 58.9 Å². The van der Waals surface area contributed by atoms with Gasteiger partial charge in [0.05, 0.1) is 20.9 Å². The molecule has 2 aliphatic carbocycles. The van der Waals surface area contributed by atoms with Crippen molar-refractivity contribution >= 4 is 34.5 Å². The second kappa shape index (κ2) is 9.44. The van der Waals surface area contributed by atoms with Gasteiger partial charge in [-0.3, -0.25) is 29.8 Å². The minimum absolute atomic E-state index is 0.0148. The van der Waals surface area contributed by atoms with Gasteiger partial charge in [0.15, 0.2) is 11.6 Å². The second-order valence-corrected chi connectivity index (χ2v) is 9.63. The van der Waals surface area contributed by atoms with E-state index in [9.17, 15) is 29.8 Å². The van der Waals surface area contributed by atoms with Crippen molar-refractivity contribution in [2.45, 2.75) is 44.4 Å². The molecule has 0 radical (unpaired) electrons. The van der Waals surface area contributed by atoms with Crippen LogP contribution in [-0.4, -0.2) is 33.4 Å². The summed E-state index contributed by atoms with van der Waals surface area (Å²) in [6.07, 6.45) is 3.84. The quantitative estimate of drug-likeness (QED) is 0.344.